The molecule has 3 aromatic rings. The summed E-state index contributed by atoms with van der Waals surface area (Å²) in [5, 5.41) is 3.40. The minimum Gasteiger partial charge on any atom is -0.368 e. The lowest BCUT2D eigenvalue weighted by molar-refractivity contribution is -0.0120. The van der Waals surface area contributed by atoms with Gasteiger partial charge in [-0.05, 0) is 37.3 Å². The summed E-state index contributed by atoms with van der Waals surface area (Å²) < 4.78 is 8.33. The molecule has 4 unspecified atom stereocenters. The molecule has 4 atom stereocenters. The van der Waals surface area contributed by atoms with E-state index in [0.717, 1.165) is 6.42 Å². The molecule has 2 aromatic heterocycles. The predicted molar refractivity (Wildman–Crippen MR) is 116 cm³/mol. The highest BCUT2D eigenvalue weighted by Gasteiger charge is 2.39. The number of aromatic nitrogens is 4. The molecular weight excluding hydrogens is 364 g/mol. The van der Waals surface area contributed by atoms with Crippen LogP contribution in [0.4, 0.5) is 11.8 Å². The van der Waals surface area contributed by atoms with Crippen molar-refractivity contribution in [2.24, 2.45) is 11.8 Å². The number of aryl methyl sites for hydroxylation is 2. The Hall–Kier alpha value is -2.67. The van der Waals surface area contributed by atoms with E-state index in [4.69, 9.17) is 10.5 Å². The lowest BCUT2D eigenvalue weighted by atomic mass is 9.91. The topological polar surface area (TPSA) is 90.9 Å². The largest absolute Gasteiger partial charge is 0.368 e. The first kappa shape index (κ1) is 19.6. The molecule has 3 N–H and O–H groups in total. The number of rotatable bonds is 5. The molecule has 7 heteroatoms. The maximum absolute atomic E-state index is 6.32. The number of hydrogen-bond donors (Lipinski definition) is 2. The molecule has 154 valence electrons. The summed E-state index contributed by atoms with van der Waals surface area (Å²) in [5.74, 6) is 1.72. The molecule has 0 radical (unpaired) electrons. The molecule has 7 nitrogen and oxygen atoms in total. The Balaban J connectivity index is 1.65. The zero-order chi connectivity index (χ0) is 20.7. The molecule has 1 aromatic carbocycles. The van der Waals surface area contributed by atoms with Gasteiger partial charge in [0.15, 0.2) is 17.0 Å². The number of nitrogens with one attached hydrogen (secondary N) is 1. The lowest BCUT2D eigenvalue weighted by Crippen LogP contribution is -2.16. The van der Waals surface area contributed by atoms with Crippen molar-refractivity contribution in [1.29, 1.82) is 0 Å². The molecule has 1 fully saturated rings. The van der Waals surface area contributed by atoms with E-state index < -0.39 is 0 Å². The number of hydrogen-bond acceptors (Lipinski definition) is 6. The second-order valence-electron chi connectivity index (χ2n) is 8.23. The number of benzene rings is 1. The fourth-order valence-electron chi connectivity index (χ4n) is 4.28. The molecule has 1 saturated heterocycles. The van der Waals surface area contributed by atoms with Crippen LogP contribution in [0.15, 0.2) is 24.5 Å². The monoisotopic (exact) mass is 394 g/mol. The van der Waals surface area contributed by atoms with E-state index in [1.54, 1.807) is 6.33 Å². The van der Waals surface area contributed by atoms with Crippen LogP contribution in [0.2, 0.25) is 0 Å². The Morgan fingerprint density at radius 1 is 1.17 bits per heavy atom. The van der Waals surface area contributed by atoms with Crippen LogP contribution in [0, 0.1) is 25.7 Å². The predicted octanol–water partition coefficient (Wildman–Crippen LogP) is 4.22. The molecule has 0 amide bonds. The molecule has 0 saturated carbocycles. The Kier molecular flexibility index (Phi) is 5.17. The van der Waals surface area contributed by atoms with Crippen molar-refractivity contribution in [2.75, 3.05) is 11.1 Å². The maximum Gasteiger partial charge on any atom is 0.224 e. The van der Waals surface area contributed by atoms with Gasteiger partial charge in [-0.3, -0.25) is 4.57 Å². The fraction of sp³-hybridized carbons (Fsp3) is 0.500. The van der Waals surface area contributed by atoms with Crippen LogP contribution in [0.3, 0.4) is 0 Å². The van der Waals surface area contributed by atoms with Crippen molar-refractivity contribution >= 4 is 22.9 Å². The lowest BCUT2D eigenvalue weighted by Gasteiger charge is -2.18. The summed E-state index contributed by atoms with van der Waals surface area (Å²) in [4.78, 5) is 13.5. The Morgan fingerprint density at radius 3 is 2.66 bits per heavy atom. The van der Waals surface area contributed by atoms with Gasteiger partial charge in [-0.2, -0.15) is 9.97 Å². The minimum atomic E-state index is -0.0959. The molecule has 3 heterocycles. The number of anilines is 2. The van der Waals surface area contributed by atoms with Crippen molar-refractivity contribution in [2.45, 2.75) is 59.9 Å². The van der Waals surface area contributed by atoms with Crippen LogP contribution in [0.1, 0.15) is 50.1 Å². The number of fused-ring (bicyclic) bond motifs is 1. The number of nitrogen functional groups attached to an aromatic ring is 1. The summed E-state index contributed by atoms with van der Waals surface area (Å²) >= 11 is 0. The molecular formula is C22H30N6O. The average Bonchev–Trinajstić information content (AvgIpc) is 3.22. The highest BCUT2D eigenvalue weighted by atomic mass is 16.5. The van der Waals surface area contributed by atoms with E-state index in [1.165, 1.54) is 16.7 Å². The van der Waals surface area contributed by atoms with Crippen LogP contribution in [-0.4, -0.2) is 25.6 Å². The van der Waals surface area contributed by atoms with Crippen LogP contribution < -0.4 is 11.1 Å². The highest BCUT2D eigenvalue weighted by Crippen LogP contribution is 2.41. The fourth-order valence-corrected chi connectivity index (χ4v) is 4.28. The summed E-state index contributed by atoms with van der Waals surface area (Å²) in [6.07, 6.45) is 2.94. The van der Waals surface area contributed by atoms with Crippen molar-refractivity contribution in [3.8, 4) is 0 Å². The quantitative estimate of drug-likeness (QED) is 0.673. The average molecular weight is 395 g/mol. The minimum absolute atomic E-state index is 0.0959. The maximum atomic E-state index is 6.32. The SMILES string of the molecule is CCC1OC(n2cnc3c(NCc4ccc(C)cc4C)nc(N)nc32)C(C)C1C. The molecule has 1 aliphatic heterocycles. The van der Waals surface area contributed by atoms with Crippen molar-refractivity contribution < 1.29 is 4.74 Å². The first-order chi connectivity index (χ1) is 13.9. The van der Waals surface area contributed by atoms with E-state index in [1.807, 2.05) is 4.57 Å². The molecule has 0 aliphatic carbocycles. The molecule has 1 aliphatic rings. The first-order valence-electron chi connectivity index (χ1n) is 10.3. The van der Waals surface area contributed by atoms with Gasteiger partial charge in [0.25, 0.3) is 0 Å². The summed E-state index contributed by atoms with van der Waals surface area (Å²) in [5.41, 5.74) is 11.2. The van der Waals surface area contributed by atoms with Gasteiger partial charge in [-0.25, -0.2) is 4.98 Å². The van der Waals surface area contributed by atoms with Gasteiger partial charge >= 0.3 is 0 Å². The van der Waals surface area contributed by atoms with Crippen molar-refractivity contribution in [1.82, 2.24) is 19.5 Å². The molecule has 0 spiro atoms. The van der Waals surface area contributed by atoms with E-state index in [9.17, 15) is 0 Å². The smallest absolute Gasteiger partial charge is 0.224 e. The number of ether oxygens (including phenoxy) is 1. The third-order valence-electron chi connectivity index (χ3n) is 6.24. The molecule has 4 rings (SSSR count). The zero-order valence-electron chi connectivity index (χ0n) is 17.8. The molecule has 29 heavy (non-hydrogen) atoms. The Labute approximate surface area is 171 Å². The van der Waals surface area contributed by atoms with E-state index in [2.05, 4.69) is 73.1 Å². The van der Waals surface area contributed by atoms with E-state index >= 15 is 0 Å². The van der Waals surface area contributed by atoms with E-state index in [0.29, 0.717) is 35.4 Å². The zero-order valence-corrected chi connectivity index (χ0v) is 17.8. The van der Waals surface area contributed by atoms with Gasteiger partial charge in [0.2, 0.25) is 5.95 Å². The number of nitrogens with zero attached hydrogens (tertiary/aromatic N) is 4. The third-order valence-corrected chi connectivity index (χ3v) is 6.24. The second kappa shape index (κ2) is 7.63. The summed E-state index contributed by atoms with van der Waals surface area (Å²) in [6.45, 7) is 11.5. The van der Waals surface area contributed by atoms with Gasteiger partial charge in [0, 0.05) is 12.5 Å². The van der Waals surface area contributed by atoms with Gasteiger partial charge < -0.3 is 15.8 Å². The standard InChI is InChI=1S/C22H30N6O/c1-6-17-14(4)15(5)21(29-17)28-11-25-18-19(26-22(23)27-20(18)28)24-10-16-8-7-12(2)9-13(16)3/h7-9,11,14-15,17,21H,6,10H2,1-5H3,(H3,23,24,26,27). The number of imidazole rings is 1. The normalized spacial score (nSPS) is 24.3. The van der Waals surface area contributed by atoms with Gasteiger partial charge in [-0.15, -0.1) is 0 Å². The van der Waals surface area contributed by atoms with Crippen molar-refractivity contribution in [3.05, 3.63) is 41.2 Å². The Bertz CT molecular complexity index is 1030. The van der Waals surface area contributed by atoms with E-state index in [-0.39, 0.29) is 18.3 Å². The summed E-state index contributed by atoms with van der Waals surface area (Å²) in [6, 6.07) is 6.44. The first-order valence-corrected chi connectivity index (χ1v) is 10.3. The van der Waals surface area contributed by atoms with Crippen LogP contribution >= 0.6 is 0 Å². The third kappa shape index (κ3) is 3.55. The summed E-state index contributed by atoms with van der Waals surface area (Å²) in [7, 11) is 0. The van der Waals surface area contributed by atoms with Gasteiger partial charge in [-0.1, -0.05) is 44.5 Å². The highest BCUT2D eigenvalue weighted by molar-refractivity contribution is 5.84. The Morgan fingerprint density at radius 2 is 1.97 bits per heavy atom. The van der Waals surface area contributed by atoms with Gasteiger partial charge in [0.1, 0.15) is 6.23 Å². The van der Waals surface area contributed by atoms with Gasteiger partial charge in [0.05, 0.1) is 12.4 Å². The van der Waals surface area contributed by atoms with Crippen LogP contribution in [0.5, 0.6) is 0 Å². The van der Waals surface area contributed by atoms with Crippen LogP contribution in [-0.2, 0) is 11.3 Å². The van der Waals surface area contributed by atoms with Crippen LogP contribution in [0.25, 0.3) is 11.2 Å². The molecule has 0 bridgehead atoms. The van der Waals surface area contributed by atoms with Crippen molar-refractivity contribution in [3.63, 3.8) is 0 Å². The second-order valence-corrected chi connectivity index (χ2v) is 8.23. The number of nitrogens with two attached hydrogens (primary N) is 1.